The van der Waals surface area contributed by atoms with Crippen molar-refractivity contribution in [2.24, 2.45) is 22.2 Å². The highest BCUT2D eigenvalue weighted by atomic mass is 32.1. The first-order valence-electron chi connectivity index (χ1n) is 5.49. The summed E-state index contributed by atoms with van der Waals surface area (Å²) in [4.78, 5) is 18.6. The van der Waals surface area contributed by atoms with Gasteiger partial charge < -0.3 is 22.3 Å². The molecule has 1 amide bonds. The molecule has 0 aliphatic heterocycles. The monoisotopic (exact) mass is 271 g/mol. The molecule has 8 heteroatoms. The van der Waals surface area contributed by atoms with E-state index >= 15 is 0 Å². The number of aliphatic hydroxyl groups is 1. The Morgan fingerprint density at radius 2 is 2.17 bits per heavy atom. The standard InChI is InChI=1S/C10H17N5O2S/c11-8(17)6-5-18-9(15-6)7(16)3-1-2-4-14-10(12)13/h5,7,16H,1-4H2,(H2,11,17)(H4,12,13,14). The van der Waals surface area contributed by atoms with Crippen LogP contribution < -0.4 is 17.2 Å². The van der Waals surface area contributed by atoms with Crippen LogP contribution in [0.25, 0.3) is 0 Å². The zero-order valence-electron chi connectivity index (χ0n) is 9.87. The lowest BCUT2D eigenvalue weighted by molar-refractivity contribution is 0.0995. The predicted molar refractivity (Wildman–Crippen MR) is 70.1 cm³/mol. The van der Waals surface area contributed by atoms with Crippen LogP contribution in [0.5, 0.6) is 0 Å². The molecular formula is C10H17N5O2S. The lowest BCUT2D eigenvalue weighted by Crippen LogP contribution is -2.22. The third kappa shape index (κ3) is 4.68. The Morgan fingerprint density at radius 1 is 1.44 bits per heavy atom. The molecule has 18 heavy (non-hydrogen) atoms. The van der Waals surface area contributed by atoms with Gasteiger partial charge >= 0.3 is 0 Å². The zero-order valence-corrected chi connectivity index (χ0v) is 10.7. The molecule has 0 spiro atoms. The molecule has 0 fully saturated rings. The maximum absolute atomic E-state index is 10.8. The lowest BCUT2D eigenvalue weighted by atomic mass is 10.1. The fourth-order valence-corrected chi connectivity index (χ4v) is 2.16. The maximum Gasteiger partial charge on any atom is 0.268 e. The van der Waals surface area contributed by atoms with Gasteiger partial charge in [-0.15, -0.1) is 11.3 Å². The fraction of sp³-hybridized carbons (Fsp3) is 0.500. The van der Waals surface area contributed by atoms with Gasteiger partial charge in [0.2, 0.25) is 0 Å². The second-order valence-electron chi connectivity index (χ2n) is 3.75. The van der Waals surface area contributed by atoms with E-state index in [0.717, 1.165) is 12.8 Å². The van der Waals surface area contributed by atoms with E-state index in [1.54, 1.807) is 5.38 Å². The van der Waals surface area contributed by atoms with Crippen molar-refractivity contribution in [2.45, 2.75) is 25.4 Å². The van der Waals surface area contributed by atoms with Crippen LogP contribution in [-0.2, 0) is 0 Å². The van der Waals surface area contributed by atoms with Crippen molar-refractivity contribution in [3.8, 4) is 0 Å². The number of amides is 1. The summed E-state index contributed by atoms with van der Waals surface area (Å²) >= 11 is 1.23. The Morgan fingerprint density at radius 3 is 2.72 bits per heavy atom. The van der Waals surface area contributed by atoms with E-state index in [-0.39, 0.29) is 11.7 Å². The summed E-state index contributed by atoms with van der Waals surface area (Å²) in [5.41, 5.74) is 15.6. The summed E-state index contributed by atoms with van der Waals surface area (Å²) in [6.07, 6.45) is 1.42. The molecule has 0 aliphatic carbocycles. The van der Waals surface area contributed by atoms with Gasteiger partial charge in [-0.3, -0.25) is 9.79 Å². The number of nitrogens with two attached hydrogens (primary N) is 3. The average molecular weight is 271 g/mol. The van der Waals surface area contributed by atoms with Crippen molar-refractivity contribution >= 4 is 23.2 Å². The highest BCUT2D eigenvalue weighted by Gasteiger charge is 2.14. The Labute approximate surface area is 109 Å². The fourth-order valence-electron chi connectivity index (χ4n) is 1.33. The van der Waals surface area contributed by atoms with Gasteiger partial charge in [0.05, 0.1) is 0 Å². The van der Waals surface area contributed by atoms with Crippen LogP contribution in [-0.4, -0.2) is 28.5 Å². The van der Waals surface area contributed by atoms with E-state index in [2.05, 4.69) is 9.98 Å². The Balaban J connectivity index is 2.33. The van der Waals surface area contributed by atoms with E-state index in [1.165, 1.54) is 11.3 Å². The quantitative estimate of drug-likeness (QED) is 0.306. The Kier molecular flexibility index (Phi) is 5.53. The molecule has 1 heterocycles. The minimum Gasteiger partial charge on any atom is -0.386 e. The lowest BCUT2D eigenvalue weighted by Gasteiger charge is -2.06. The van der Waals surface area contributed by atoms with Gasteiger partial charge in [0, 0.05) is 11.9 Å². The number of rotatable bonds is 7. The number of aliphatic imine (C=N–C) groups is 1. The molecular weight excluding hydrogens is 254 g/mol. The number of guanidine groups is 1. The largest absolute Gasteiger partial charge is 0.386 e. The molecule has 7 nitrogen and oxygen atoms in total. The molecule has 1 rings (SSSR count). The number of aliphatic hydroxyl groups excluding tert-OH is 1. The van der Waals surface area contributed by atoms with Crippen LogP contribution in [0.4, 0.5) is 0 Å². The maximum atomic E-state index is 10.8. The van der Waals surface area contributed by atoms with Gasteiger partial charge in [-0.2, -0.15) is 0 Å². The van der Waals surface area contributed by atoms with Crippen molar-refractivity contribution in [1.82, 2.24) is 4.98 Å². The second kappa shape index (κ2) is 6.92. The molecule has 0 saturated heterocycles. The molecule has 1 aromatic rings. The summed E-state index contributed by atoms with van der Waals surface area (Å²) in [7, 11) is 0. The number of carbonyl (C=O) groups excluding carboxylic acids is 1. The van der Waals surface area contributed by atoms with Gasteiger partial charge in [0.1, 0.15) is 16.8 Å². The number of carbonyl (C=O) groups is 1. The van der Waals surface area contributed by atoms with E-state index in [4.69, 9.17) is 17.2 Å². The van der Waals surface area contributed by atoms with Gasteiger partial charge in [-0.05, 0) is 19.3 Å². The molecule has 0 radical (unpaired) electrons. The van der Waals surface area contributed by atoms with Crippen LogP contribution in [0.3, 0.4) is 0 Å². The molecule has 0 bridgehead atoms. The molecule has 0 saturated carbocycles. The topological polar surface area (TPSA) is 141 Å². The van der Waals surface area contributed by atoms with Gasteiger partial charge in [-0.1, -0.05) is 0 Å². The summed E-state index contributed by atoms with van der Waals surface area (Å²) in [5.74, 6) is -0.515. The van der Waals surface area contributed by atoms with E-state index in [9.17, 15) is 9.90 Å². The van der Waals surface area contributed by atoms with E-state index in [0.29, 0.717) is 18.0 Å². The van der Waals surface area contributed by atoms with Crippen molar-refractivity contribution in [1.29, 1.82) is 0 Å². The zero-order chi connectivity index (χ0) is 13.5. The normalized spacial score (nSPS) is 12.1. The van der Waals surface area contributed by atoms with Crippen LogP contribution in [0.1, 0.15) is 40.9 Å². The number of primary amides is 1. The van der Waals surface area contributed by atoms with Gasteiger partial charge in [-0.25, -0.2) is 4.98 Å². The highest BCUT2D eigenvalue weighted by molar-refractivity contribution is 7.09. The van der Waals surface area contributed by atoms with Crippen molar-refractivity contribution in [2.75, 3.05) is 6.54 Å². The Hall–Kier alpha value is -1.67. The molecule has 1 atom stereocenters. The minimum atomic E-state index is -0.678. The van der Waals surface area contributed by atoms with Crippen LogP contribution in [0.15, 0.2) is 10.4 Å². The van der Waals surface area contributed by atoms with Gasteiger partial charge in [0.25, 0.3) is 5.91 Å². The highest BCUT2D eigenvalue weighted by Crippen LogP contribution is 2.22. The van der Waals surface area contributed by atoms with Crippen molar-refractivity contribution in [3.63, 3.8) is 0 Å². The first kappa shape index (κ1) is 14.4. The molecule has 1 aromatic heterocycles. The van der Waals surface area contributed by atoms with Crippen molar-refractivity contribution in [3.05, 3.63) is 16.1 Å². The number of nitrogens with zero attached hydrogens (tertiary/aromatic N) is 2. The third-order valence-corrected chi connectivity index (χ3v) is 3.19. The minimum absolute atomic E-state index is 0.0709. The number of hydrogen-bond donors (Lipinski definition) is 4. The molecule has 1 unspecified atom stereocenters. The average Bonchev–Trinajstić information content (AvgIpc) is 2.77. The summed E-state index contributed by atoms with van der Waals surface area (Å²) in [5, 5.41) is 11.9. The molecule has 7 N–H and O–H groups in total. The van der Waals surface area contributed by atoms with Crippen molar-refractivity contribution < 1.29 is 9.90 Å². The predicted octanol–water partition coefficient (Wildman–Crippen LogP) is -0.281. The third-order valence-electron chi connectivity index (χ3n) is 2.24. The number of thiazole rings is 1. The number of hydrogen-bond acceptors (Lipinski definition) is 5. The molecule has 100 valence electrons. The molecule has 0 aromatic carbocycles. The number of unbranched alkanes of at least 4 members (excludes halogenated alkanes) is 1. The summed E-state index contributed by atoms with van der Waals surface area (Å²) in [6.45, 7) is 0.541. The number of aromatic nitrogens is 1. The SMILES string of the molecule is NC(=O)c1csc(C(O)CCCCN=C(N)N)n1. The summed E-state index contributed by atoms with van der Waals surface area (Å²) in [6, 6.07) is 0. The van der Waals surface area contributed by atoms with Crippen LogP contribution in [0, 0.1) is 0 Å². The second-order valence-corrected chi connectivity index (χ2v) is 4.64. The van der Waals surface area contributed by atoms with Crippen LogP contribution in [0.2, 0.25) is 0 Å². The van der Waals surface area contributed by atoms with E-state index < -0.39 is 12.0 Å². The Bertz CT molecular complexity index is 428. The first-order valence-corrected chi connectivity index (χ1v) is 6.37. The first-order chi connectivity index (χ1) is 8.50. The van der Waals surface area contributed by atoms with Gasteiger partial charge in [0.15, 0.2) is 5.96 Å². The smallest absolute Gasteiger partial charge is 0.268 e. The van der Waals surface area contributed by atoms with Crippen LogP contribution >= 0.6 is 11.3 Å². The molecule has 0 aliphatic rings. The summed E-state index contributed by atoms with van der Waals surface area (Å²) < 4.78 is 0. The van der Waals surface area contributed by atoms with E-state index in [1.807, 2.05) is 0 Å².